The number of carbonyl (C=O) groups excluding carboxylic acids is 2. The fraction of sp³-hybridized carbons (Fsp3) is 0.412. The van der Waals surface area contributed by atoms with Crippen LogP contribution in [-0.4, -0.2) is 56.3 Å². The lowest BCUT2D eigenvalue weighted by atomic mass is 9.78. The van der Waals surface area contributed by atoms with Gasteiger partial charge in [0.1, 0.15) is 11.2 Å². The van der Waals surface area contributed by atoms with E-state index in [1.54, 1.807) is 12.1 Å². The Balaban J connectivity index is 1.91. The highest BCUT2D eigenvalue weighted by Crippen LogP contribution is 2.47. The largest absolute Gasteiger partial charge is 0.469 e. The van der Waals surface area contributed by atoms with Crippen LogP contribution in [0.2, 0.25) is 0 Å². The molecule has 3 aromatic rings. The van der Waals surface area contributed by atoms with Crippen molar-refractivity contribution >= 4 is 45.2 Å². The number of esters is 2. The normalized spacial score (nSPS) is 19.8. The number of methoxy groups -OCH3 is 2. The molecule has 2 atom stereocenters. The van der Waals surface area contributed by atoms with Crippen LogP contribution in [0.3, 0.4) is 0 Å². The Kier molecular flexibility index (Phi) is 8.02. The van der Waals surface area contributed by atoms with E-state index < -0.39 is 17.2 Å². The number of aliphatic hydroxyl groups is 2. The zero-order valence-corrected chi connectivity index (χ0v) is 26.6. The third kappa shape index (κ3) is 5.11. The maximum absolute atomic E-state index is 12.2. The van der Waals surface area contributed by atoms with Gasteiger partial charge >= 0.3 is 11.9 Å². The number of carbonyl (C=O) groups is 2. The molecule has 0 fully saturated rings. The van der Waals surface area contributed by atoms with Crippen molar-refractivity contribution in [2.24, 2.45) is 0 Å². The lowest BCUT2D eigenvalue weighted by Gasteiger charge is -2.35. The average Bonchev–Trinajstić information content (AvgIpc) is 3.59. The van der Waals surface area contributed by atoms with Crippen LogP contribution in [0.25, 0.3) is 33.2 Å². The Hall–Kier alpha value is -4.28. The molecule has 5 rings (SSSR count). The Morgan fingerprint density at radius 1 is 0.727 bits per heavy atom. The third-order valence-corrected chi connectivity index (χ3v) is 9.48. The fourth-order valence-corrected chi connectivity index (χ4v) is 6.01. The van der Waals surface area contributed by atoms with E-state index in [1.807, 2.05) is 39.8 Å². The first kappa shape index (κ1) is 31.2. The van der Waals surface area contributed by atoms with Crippen molar-refractivity contribution < 1.29 is 29.3 Å². The van der Waals surface area contributed by atoms with Gasteiger partial charge in [0.25, 0.3) is 0 Å². The number of allylic oxidation sites excluding steroid dienone is 2. The van der Waals surface area contributed by atoms with Gasteiger partial charge in [-0.2, -0.15) is 0 Å². The zero-order chi connectivity index (χ0) is 32.1. The van der Waals surface area contributed by atoms with Gasteiger partial charge < -0.3 is 29.7 Å². The molecule has 2 unspecified atom stereocenters. The highest BCUT2D eigenvalue weighted by molar-refractivity contribution is 5.92. The smallest absolute Gasteiger partial charge is 0.305 e. The minimum Gasteiger partial charge on any atom is -0.469 e. The molecule has 232 valence electrons. The quantitative estimate of drug-likeness (QED) is 0.277. The summed E-state index contributed by atoms with van der Waals surface area (Å²) in [5.41, 5.74) is 7.21. The minimum atomic E-state index is -1.93. The lowest BCUT2D eigenvalue weighted by Crippen LogP contribution is -2.44. The second-order valence-corrected chi connectivity index (χ2v) is 11.9. The van der Waals surface area contributed by atoms with Gasteiger partial charge in [0.2, 0.25) is 0 Å². The van der Waals surface area contributed by atoms with E-state index in [1.165, 1.54) is 21.1 Å². The molecule has 3 aromatic heterocycles. The first-order valence-electron chi connectivity index (χ1n) is 14.7. The maximum Gasteiger partial charge on any atom is 0.305 e. The highest BCUT2D eigenvalue weighted by atomic mass is 16.5. The second-order valence-electron chi connectivity index (χ2n) is 11.9. The molecule has 8 bridgehead atoms. The van der Waals surface area contributed by atoms with Crippen molar-refractivity contribution in [1.82, 2.24) is 19.9 Å². The number of rotatable bonds is 6. The molecule has 0 saturated heterocycles. The van der Waals surface area contributed by atoms with Gasteiger partial charge in [-0.05, 0) is 112 Å². The third-order valence-electron chi connectivity index (χ3n) is 9.48. The maximum atomic E-state index is 12.2. The summed E-state index contributed by atoms with van der Waals surface area (Å²) in [6.07, 6.45) is 0.257. The average molecular weight is 601 g/mol. The number of aromatic nitrogens is 4. The topological polar surface area (TPSA) is 150 Å². The molecule has 0 aliphatic carbocycles. The lowest BCUT2D eigenvalue weighted by molar-refractivity contribution is -0.160. The number of hydrogen-bond donors (Lipinski definition) is 4. The molecule has 2 aliphatic rings. The van der Waals surface area contributed by atoms with E-state index in [0.717, 1.165) is 61.3 Å². The van der Waals surface area contributed by atoms with Crippen LogP contribution in [0.1, 0.15) is 85.1 Å². The van der Waals surface area contributed by atoms with Gasteiger partial charge in [0.05, 0.1) is 37.0 Å². The number of aromatic amines is 2. The minimum absolute atomic E-state index is 0.129. The Labute approximate surface area is 256 Å². The monoisotopic (exact) mass is 600 g/mol. The Morgan fingerprint density at radius 3 is 1.82 bits per heavy atom. The van der Waals surface area contributed by atoms with Crippen molar-refractivity contribution in [3.63, 3.8) is 0 Å². The molecular formula is C34H40N4O6. The van der Waals surface area contributed by atoms with Gasteiger partial charge in [-0.25, -0.2) is 4.98 Å². The van der Waals surface area contributed by atoms with Crippen LogP contribution in [0.5, 0.6) is 0 Å². The van der Waals surface area contributed by atoms with Crippen LogP contribution < -0.4 is 0 Å². The molecule has 0 amide bonds. The first-order chi connectivity index (χ1) is 20.7. The molecule has 4 N–H and O–H groups in total. The summed E-state index contributed by atoms with van der Waals surface area (Å²) in [6, 6.07) is 7.45. The molecule has 5 heterocycles. The molecule has 10 nitrogen and oxygen atoms in total. The summed E-state index contributed by atoms with van der Waals surface area (Å²) < 4.78 is 9.75. The summed E-state index contributed by atoms with van der Waals surface area (Å²) in [6.45, 7) is 11.6. The van der Waals surface area contributed by atoms with Gasteiger partial charge in [0.15, 0.2) is 0 Å². The second kappa shape index (κ2) is 11.3. The summed E-state index contributed by atoms with van der Waals surface area (Å²) in [5, 5.41) is 24.1. The van der Waals surface area contributed by atoms with Gasteiger partial charge in [-0.1, -0.05) is 0 Å². The predicted octanol–water partition coefficient (Wildman–Crippen LogP) is 5.34. The predicted molar refractivity (Wildman–Crippen MR) is 168 cm³/mol. The first-order valence-corrected chi connectivity index (χ1v) is 14.7. The summed E-state index contributed by atoms with van der Waals surface area (Å²) >= 11 is 0. The Morgan fingerprint density at radius 2 is 1.23 bits per heavy atom. The summed E-state index contributed by atoms with van der Waals surface area (Å²) in [7, 11) is 2.64. The summed E-state index contributed by atoms with van der Waals surface area (Å²) in [4.78, 5) is 41.0. The van der Waals surface area contributed by atoms with E-state index in [2.05, 4.69) is 16.9 Å². The zero-order valence-electron chi connectivity index (χ0n) is 26.6. The number of fused-ring (bicyclic) bond motifs is 8. The number of hydrogen-bond acceptors (Lipinski definition) is 8. The number of ether oxygens (including phenoxy) is 2. The molecule has 44 heavy (non-hydrogen) atoms. The van der Waals surface area contributed by atoms with Crippen molar-refractivity contribution in [3.05, 3.63) is 69.3 Å². The van der Waals surface area contributed by atoms with Crippen LogP contribution >= 0.6 is 0 Å². The van der Waals surface area contributed by atoms with Crippen LogP contribution in [-0.2, 0) is 36.7 Å². The highest BCUT2D eigenvalue weighted by Gasteiger charge is 2.54. The van der Waals surface area contributed by atoms with E-state index in [0.29, 0.717) is 11.9 Å². The van der Waals surface area contributed by atoms with Crippen LogP contribution in [0.4, 0.5) is 0 Å². The molecule has 0 aromatic carbocycles. The van der Waals surface area contributed by atoms with Gasteiger partial charge in [-0.3, -0.25) is 14.6 Å². The molecule has 2 aliphatic heterocycles. The SMILES string of the molecule is COC(=O)CCc1c(C)c2cc3nc(cc4[nH]c(cc5nc(cc1[nH]2)C(O)(CCC(=O)OC)C5(C)O)c(C)c4C)C(C)=C3C. The van der Waals surface area contributed by atoms with E-state index in [4.69, 9.17) is 19.4 Å². The van der Waals surface area contributed by atoms with E-state index in [9.17, 15) is 19.8 Å². The fourth-order valence-electron chi connectivity index (χ4n) is 6.01. The van der Waals surface area contributed by atoms with Crippen molar-refractivity contribution in [2.45, 2.75) is 78.4 Å². The van der Waals surface area contributed by atoms with Crippen molar-refractivity contribution in [2.75, 3.05) is 14.2 Å². The molecule has 0 radical (unpaired) electrons. The molecular weight excluding hydrogens is 560 g/mol. The van der Waals surface area contributed by atoms with Crippen molar-refractivity contribution in [1.29, 1.82) is 0 Å². The van der Waals surface area contributed by atoms with E-state index >= 15 is 0 Å². The number of H-pyrrole nitrogens is 2. The van der Waals surface area contributed by atoms with Gasteiger partial charge in [-0.15, -0.1) is 0 Å². The number of nitrogens with zero attached hydrogens (tertiary/aromatic N) is 2. The molecule has 0 saturated carbocycles. The molecule has 10 heteroatoms. The number of nitrogens with one attached hydrogen (secondary N) is 2. The van der Waals surface area contributed by atoms with E-state index in [-0.39, 0.29) is 36.6 Å². The molecule has 0 spiro atoms. The van der Waals surface area contributed by atoms with Crippen LogP contribution in [0.15, 0.2) is 24.3 Å². The number of aryl methyl sites for hydroxylation is 4. The van der Waals surface area contributed by atoms with Gasteiger partial charge in [0, 0.05) is 34.9 Å². The van der Waals surface area contributed by atoms with Crippen molar-refractivity contribution in [3.8, 4) is 0 Å². The van der Waals surface area contributed by atoms with Crippen LogP contribution in [0, 0.1) is 20.8 Å². The summed E-state index contributed by atoms with van der Waals surface area (Å²) in [5.74, 6) is -0.861. The Bertz CT molecular complexity index is 1880. The standard InChI is InChI=1S/C34H40N4O6/c1-17-18(2)25-14-26-21(5)22(9-10-31(39)43-7)28(37-26)16-30-34(42,12-11-32(40)44-8)33(6,41)29(38-30)15-27-20(4)19(3)24(36-27)13-23(17)35-25/h13-16,36-37,41-42H,9-12H2,1-8H3.